The van der Waals surface area contributed by atoms with Crippen molar-refractivity contribution in [3.8, 4) is 5.75 Å². The van der Waals surface area contributed by atoms with Crippen molar-refractivity contribution >= 4 is 6.16 Å². The lowest BCUT2D eigenvalue weighted by Gasteiger charge is -2.07. The molecular weight excluding hydrogens is 254 g/mol. The molecule has 0 aliphatic carbocycles. The molecule has 0 bridgehead atoms. The standard InChI is InChI=1S/C14H10F2O3/c15-12-7-4-8-13(16)11(12)9-18-14(17)19-10-5-2-1-3-6-10/h1-8H,9H2. The van der Waals surface area contributed by atoms with Crippen molar-refractivity contribution in [2.75, 3.05) is 0 Å². The Morgan fingerprint density at radius 1 is 0.947 bits per heavy atom. The number of carbonyl (C=O) groups excluding carboxylic acids is 1. The van der Waals surface area contributed by atoms with Crippen LogP contribution >= 0.6 is 0 Å². The Morgan fingerprint density at radius 2 is 1.58 bits per heavy atom. The largest absolute Gasteiger partial charge is 0.514 e. The van der Waals surface area contributed by atoms with Gasteiger partial charge in [0.05, 0.1) is 5.56 Å². The summed E-state index contributed by atoms with van der Waals surface area (Å²) in [5.41, 5.74) is -0.312. The monoisotopic (exact) mass is 264 g/mol. The number of ether oxygens (including phenoxy) is 2. The van der Waals surface area contributed by atoms with Gasteiger partial charge in [-0.25, -0.2) is 13.6 Å². The van der Waals surface area contributed by atoms with Crippen molar-refractivity contribution in [1.29, 1.82) is 0 Å². The van der Waals surface area contributed by atoms with Gasteiger partial charge in [-0.1, -0.05) is 24.3 Å². The van der Waals surface area contributed by atoms with Crippen LogP contribution in [0.5, 0.6) is 5.75 Å². The molecular formula is C14H10F2O3. The smallest absolute Gasteiger partial charge is 0.429 e. The van der Waals surface area contributed by atoms with Crippen molar-refractivity contribution < 1.29 is 23.0 Å². The van der Waals surface area contributed by atoms with Gasteiger partial charge in [0, 0.05) is 0 Å². The second-order valence-electron chi connectivity index (χ2n) is 3.65. The van der Waals surface area contributed by atoms with E-state index in [0.29, 0.717) is 5.75 Å². The van der Waals surface area contributed by atoms with E-state index in [1.807, 2.05) is 0 Å². The number of benzene rings is 2. The third kappa shape index (κ3) is 3.51. The molecule has 0 saturated carbocycles. The maximum atomic E-state index is 13.3. The Morgan fingerprint density at radius 3 is 2.21 bits per heavy atom. The molecule has 0 aromatic heterocycles. The minimum atomic E-state index is -1.02. The van der Waals surface area contributed by atoms with Crippen molar-refractivity contribution in [3.63, 3.8) is 0 Å². The molecule has 0 heterocycles. The van der Waals surface area contributed by atoms with Gasteiger partial charge in [0.25, 0.3) is 0 Å². The van der Waals surface area contributed by atoms with Crippen LogP contribution in [0, 0.1) is 11.6 Å². The average Bonchev–Trinajstić information content (AvgIpc) is 2.39. The minimum absolute atomic E-state index is 0.293. The number of hydrogen-bond acceptors (Lipinski definition) is 3. The molecule has 0 unspecified atom stereocenters. The molecule has 0 N–H and O–H groups in total. The Labute approximate surface area is 108 Å². The van der Waals surface area contributed by atoms with E-state index < -0.39 is 24.4 Å². The highest BCUT2D eigenvalue weighted by Gasteiger charge is 2.12. The van der Waals surface area contributed by atoms with E-state index in [1.54, 1.807) is 30.3 Å². The summed E-state index contributed by atoms with van der Waals surface area (Å²) in [7, 11) is 0. The van der Waals surface area contributed by atoms with E-state index in [0.717, 1.165) is 12.1 Å². The average molecular weight is 264 g/mol. The second kappa shape index (κ2) is 5.95. The number of rotatable bonds is 3. The SMILES string of the molecule is O=C(OCc1c(F)cccc1F)Oc1ccccc1. The first-order chi connectivity index (χ1) is 9.16. The van der Waals surface area contributed by atoms with Gasteiger partial charge in [0.1, 0.15) is 24.0 Å². The molecule has 0 fully saturated rings. The lowest BCUT2D eigenvalue weighted by molar-refractivity contribution is 0.0908. The van der Waals surface area contributed by atoms with Crippen molar-refractivity contribution in [1.82, 2.24) is 0 Å². The molecule has 3 nitrogen and oxygen atoms in total. The molecule has 2 rings (SSSR count). The summed E-state index contributed by atoms with van der Waals surface area (Å²) < 4.78 is 36.0. The summed E-state index contributed by atoms with van der Waals surface area (Å²) in [6.45, 7) is -0.524. The van der Waals surface area contributed by atoms with Gasteiger partial charge in [0.15, 0.2) is 0 Å². The lowest BCUT2D eigenvalue weighted by Crippen LogP contribution is -2.11. The maximum Gasteiger partial charge on any atom is 0.514 e. The molecule has 0 aliphatic rings. The van der Waals surface area contributed by atoms with Gasteiger partial charge < -0.3 is 9.47 Å². The highest BCUT2D eigenvalue weighted by molar-refractivity contribution is 5.63. The van der Waals surface area contributed by atoms with E-state index in [4.69, 9.17) is 4.74 Å². The molecule has 0 atom stereocenters. The summed E-state index contributed by atoms with van der Waals surface area (Å²) in [5.74, 6) is -1.25. The predicted molar refractivity (Wildman–Crippen MR) is 63.6 cm³/mol. The molecule has 98 valence electrons. The Kier molecular flexibility index (Phi) is 4.07. The third-order valence-corrected chi connectivity index (χ3v) is 2.34. The Hall–Kier alpha value is -2.43. The van der Waals surface area contributed by atoms with E-state index in [1.165, 1.54) is 6.07 Å². The summed E-state index contributed by atoms with van der Waals surface area (Å²) in [6.07, 6.45) is -1.02. The first kappa shape index (κ1) is 13.0. The van der Waals surface area contributed by atoms with Crippen LogP contribution in [0.25, 0.3) is 0 Å². The third-order valence-electron chi connectivity index (χ3n) is 2.34. The van der Waals surface area contributed by atoms with Crippen LogP contribution in [0.2, 0.25) is 0 Å². The number of carbonyl (C=O) groups is 1. The molecule has 0 saturated heterocycles. The molecule has 5 heteroatoms. The van der Waals surface area contributed by atoms with Gasteiger partial charge in [-0.3, -0.25) is 0 Å². The van der Waals surface area contributed by atoms with Crippen LogP contribution in [0.4, 0.5) is 13.6 Å². The number of hydrogen-bond donors (Lipinski definition) is 0. The van der Waals surface area contributed by atoms with Crippen molar-refractivity contribution in [3.05, 3.63) is 65.7 Å². The zero-order chi connectivity index (χ0) is 13.7. The second-order valence-corrected chi connectivity index (χ2v) is 3.65. The highest BCUT2D eigenvalue weighted by atomic mass is 19.1. The molecule has 0 aliphatic heterocycles. The van der Waals surface area contributed by atoms with Crippen LogP contribution in [0.3, 0.4) is 0 Å². The predicted octanol–water partition coefficient (Wildman–Crippen LogP) is 3.68. The molecule has 2 aromatic rings. The number of para-hydroxylation sites is 1. The number of halogens is 2. The van der Waals surface area contributed by atoms with Crippen molar-refractivity contribution in [2.24, 2.45) is 0 Å². The van der Waals surface area contributed by atoms with Crippen LogP contribution in [-0.2, 0) is 11.3 Å². The normalized spacial score (nSPS) is 10.0. The van der Waals surface area contributed by atoms with Gasteiger partial charge in [-0.15, -0.1) is 0 Å². The van der Waals surface area contributed by atoms with E-state index in [9.17, 15) is 13.6 Å². The zero-order valence-electron chi connectivity index (χ0n) is 9.81. The quantitative estimate of drug-likeness (QED) is 0.626. The molecule has 2 aromatic carbocycles. The molecule has 0 spiro atoms. The Bertz CT molecular complexity index is 550. The zero-order valence-corrected chi connectivity index (χ0v) is 9.81. The van der Waals surface area contributed by atoms with Gasteiger partial charge >= 0.3 is 6.16 Å². The van der Waals surface area contributed by atoms with E-state index in [2.05, 4.69) is 4.74 Å². The van der Waals surface area contributed by atoms with Crippen LogP contribution in [0.15, 0.2) is 48.5 Å². The maximum absolute atomic E-state index is 13.3. The summed E-state index contributed by atoms with van der Waals surface area (Å²) >= 11 is 0. The van der Waals surface area contributed by atoms with E-state index >= 15 is 0 Å². The fourth-order valence-corrected chi connectivity index (χ4v) is 1.42. The fourth-order valence-electron chi connectivity index (χ4n) is 1.42. The first-order valence-electron chi connectivity index (χ1n) is 5.49. The topological polar surface area (TPSA) is 35.5 Å². The van der Waals surface area contributed by atoms with E-state index in [-0.39, 0.29) is 5.56 Å². The summed E-state index contributed by atoms with van der Waals surface area (Å²) in [6, 6.07) is 11.6. The van der Waals surface area contributed by atoms with Crippen LogP contribution in [-0.4, -0.2) is 6.16 Å². The van der Waals surface area contributed by atoms with Crippen LogP contribution < -0.4 is 4.74 Å². The van der Waals surface area contributed by atoms with Gasteiger partial charge in [0.2, 0.25) is 0 Å². The summed E-state index contributed by atoms with van der Waals surface area (Å²) in [5, 5.41) is 0. The van der Waals surface area contributed by atoms with Gasteiger partial charge in [-0.05, 0) is 24.3 Å². The lowest BCUT2D eigenvalue weighted by atomic mass is 10.2. The minimum Gasteiger partial charge on any atom is -0.429 e. The van der Waals surface area contributed by atoms with Crippen molar-refractivity contribution in [2.45, 2.75) is 6.61 Å². The first-order valence-corrected chi connectivity index (χ1v) is 5.49. The fraction of sp³-hybridized carbons (Fsp3) is 0.0714. The molecule has 0 amide bonds. The Balaban J connectivity index is 1.94. The molecule has 0 radical (unpaired) electrons. The molecule has 19 heavy (non-hydrogen) atoms. The van der Waals surface area contributed by atoms with Gasteiger partial charge in [-0.2, -0.15) is 0 Å². The highest BCUT2D eigenvalue weighted by Crippen LogP contribution is 2.14. The summed E-state index contributed by atoms with van der Waals surface area (Å²) in [4.78, 5) is 11.3. The van der Waals surface area contributed by atoms with Crippen LogP contribution in [0.1, 0.15) is 5.56 Å².